The average molecular weight is 255 g/mol. The molecule has 0 unspecified atom stereocenters. The molecule has 0 bridgehead atoms. The Hall–Kier alpha value is -1.53. The third-order valence-electron chi connectivity index (χ3n) is 1.92. The minimum absolute atomic E-state index is 0.252. The van der Waals surface area contributed by atoms with E-state index in [4.69, 9.17) is 11.6 Å². The molecule has 0 atom stereocenters. The van der Waals surface area contributed by atoms with Gasteiger partial charge in [0.25, 0.3) is 5.91 Å². The Bertz CT molecular complexity index is 501. The van der Waals surface area contributed by atoms with E-state index >= 15 is 0 Å². The molecule has 0 spiro atoms. The van der Waals surface area contributed by atoms with E-state index < -0.39 is 0 Å². The SMILES string of the molecule is CN(C(=O)c1nnc(Cl)s1)c1cccnc1. The monoisotopic (exact) mass is 254 g/mol. The summed E-state index contributed by atoms with van der Waals surface area (Å²) in [6, 6.07) is 3.54. The van der Waals surface area contributed by atoms with Gasteiger partial charge in [-0.15, -0.1) is 10.2 Å². The summed E-state index contributed by atoms with van der Waals surface area (Å²) in [5, 5.41) is 7.53. The second kappa shape index (κ2) is 4.54. The van der Waals surface area contributed by atoms with Crippen LogP contribution in [0, 0.1) is 0 Å². The molecule has 82 valence electrons. The molecular weight excluding hydrogens is 248 g/mol. The molecule has 0 radical (unpaired) electrons. The van der Waals surface area contributed by atoms with Gasteiger partial charge >= 0.3 is 0 Å². The van der Waals surface area contributed by atoms with Crippen LogP contribution in [0.5, 0.6) is 0 Å². The number of halogens is 1. The number of rotatable bonds is 2. The van der Waals surface area contributed by atoms with Crippen LogP contribution in [0.2, 0.25) is 4.47 Å². The van der Waals surface area contributed by atoms with Gasteiger partial charge in [0.1, 0.15) is 0 Å². The van der Waals surface area contributed by atoms with Gasteiger partial charge in [0, 0.05) is 13.2 Å². The van der Waals surface area contributed by atoms with E-state index in [9.17, 15) is 4.79 Å². The molecule has 0 fully saturated rings. The normalized spacial score (nSPS) is 10.1. The van der Waals surface area contributed by atoms with Crippen LogP contribution in [-0.4, -0.2) is 28.1 Å². The van der Waals surface area contributed by atoms with Crippen LogP contribution < -0.4 is 4.90 Å². The Morgan fingerprint density at radius 1 is 1.50 bits per heavy atom. The standard InChI is InChI=1S/C9H7ClN4OS/c1-14(6-3-2-4-11-5-6)8(15)7-12-13-9(10)16-7/h2-5H,1H3. The lowest BCUT2D eigenvalue weighted by Crippen LogP contribution is -2.26. The largest absolute Gasteiger partial charge is 0.308 e. The summed E-state index contributed by atoms with van der Waals surface area (Å²) in [7, 11) is 1.65. The lowest BCUT2D eigenvalue weighted by Gasteiger charge is -2.14. The van der Waals surface area contributed by atoms with Gasteiger partial charge in [-0.05, 0) is 23.7 Å². The molecule has 2 heterocycles. The van der Waals surface area contributed by atoms with Crippen LogP contribution in [0.4, 0.5) is 5.69 Å². The third kappa shape index (κ3) is 2.17. The molecule has 1 amide bonds. The molecule has 2 aromatic rings. The number of carbonyl (C=O) groups is 1. The number of hydrogen-bond acceptors (Lipinski definition) is 5. The van der Waals surface area contributed by atoms with Gasteiger partial charge in [0.2, 0.25) is 9.47 Å². The minimum atomic E-state index is -0.252. The molecule has 16 heavy (non-hydrogen) atoms. The summed E-state index contributed by atoms with van der Waals surface area (Å²) in [5.74, 6) is -0.252. The highest BCUT2D eigenvalue weighted by Crippen LogP contribution is 2.19. The third-order valence-corrected chi connectivity index (χ3v) is 2.93. The first-order valence-electron chi connectivity index (χ1n) is 4.35. The van der Waals surface area contributed by atoms with E-state index in [1.165, 1.54) is 4.90 Å². The van der Waals surface area contributed by atoms with Gasteiger partial charge < -0.3 is 4.90 Å². The highest BCUT2D eigenvalue weighted by Gasteiger charge is 2.17. The van der Waals surface area contributed by atoms with Crippen molar-refractivity contribution >= 4 is 34.5 Å². The van der Waals surface area contributed by atoms with Crippen molar-refractivity contribution in [3.63, 3.8) is 0 Å². The highest BCUT2D eigenvalue weighted by molar-refractivity contribution is 7.17. The summed E-state index contributed by atoms with van der Waals surface area (Å²) in [6.07, 6.45) is 3.24. The predicted molar refractivity (Wildman–Crippen MR) is 61.9 cm³/mol. The van der Waals surface area contributed by atoms with E-state index in [1.54, 1.807) is 31.6 Å². The first-order chi connectivity index (χ1) is 7.68. The number of nitrogens with zero attached hydrogens (tertiary/aromatic N) is 4. The Morgan fingerprint density at radius 2 is 2.31 bits per heavy atom. The first-order valence-corrected chi connectivity index (χ1v) is 5.55. The number of pyridine rings is 1. The Balaban J connectivity index is 2.23. The molecule has 0 saturated carbocycles. The number of anilines is 1. The van der Waals surface area contributed by atoms with Crippen molar-refractivity contribution in [3.05, 3.63) is 34.0 Å². The van der Waals surface area contributed by atoms with E-state index in [2.05, 4.69) is 15.2 Å². The number of hydrogen-bond donors (Lipinski definition) is 0. The van der Waals surface area contributed by atoms with Gasteiger partial charge in [-0.2, -0.15) is 0 Å². The second-order valence-electron chi connectivity index (χ2n) is 2.94. The summed E-state index contributed by atoms with van der Waals surface area (Å²) >= 11 is 6.67. The maximum Gasteiger partial charge on any atom is 0.289 e. The predicted octanol–water partition coefficient (Wildman–Crippen LogP) is 1.86. The number of amides is 1. The molecule has 2 rings (SSSR count). The van der Waals surface area contributed by atoms with Crippen molar-refractivity contribution in [2.75, 3.05) is 11.9 Å². The zero-order valence-corrected chi connectivity index (χ0v) is 9.87. The fourth-order valence-electron chi connectivity index (χ4n) is 1.10. The second-order valence-corrected chi connectivity index (χ2v) is 4.50. The Morgan fingerprint density at radius 3 is 2.88 bits per heavy atom. The molecular formula is C9H7ClN4OS. The summed E-state index contributed by atoms with van der Waals surface area (Å²) in [4.78, 5) is 17.3. The molecule has 0 N–H and O–H groups in total. The zero-order valence-electron chi connectivity index (χ0n) is 8.29. The fraction of sp³-hybridized carbons (Fsp3) is 0.111. The van der Waals surface area contributed by atoms with Crippen LogP contribution >= 0.6 is 22.9 Å². The van der Waals surface area contributed by atoms with E-state index in [-0.39, 0.29) is 15.4 Å². The highest BCUT2D eigenvalue weighted by atomic mass is 35.5. The maximum absolute atomic E-state index is 11.9. The molecule has 0 aliphatic rings. The van der Waals surface area contributed by atoms with Crippen molar-refractivity contribution in [1.29, 1.82) is 0 Å². The molecule has 2 aromatic heterocycles. The zero-order chi connectivity index (χ0) is 11.5. The van der Waals surface area contributed by atoms with Gasteiger partial charge in [-0.1, -0.05) is 11.3 Å². The van der Waals surface area contributed by atoms with Gasteiger partial charge in [-0.25, -0.2) is 0 Å². The van der Waals surface area contributed by atoms with Crippen LogP contribution in [0.1, 0.15) is 9.80 Å². The maximum atomic E-state index is 11.9. The summed E-state index contributed by atoms with van der Waals surface area (Å²) in [6.45, 7) is 0. The lowest BCUT2D eigenvalue weighted by atomic mass is 10.4. The Kier molecular flexibility index (Phi) is 3.12. The van der Waals surface area contributed by atoms with E-state index in [0.29, 0.717) is 5.69 Å². The fourth-order valence-corrected chi connectivity index (χ4v) is 1.91. The van der Waals surface area contributed by atoms with Crippen molar-refractivity contribution in [1.82, 2.24) is 15.2 Å². The van der Waals surface area contributed by atoms with E-state index in [1.807, 2.05) is 0 Å². The van der Waals surface area contributed by atoms with Crippen molar-refractivity contribution in [2.24, 2.45) is 0 Å². The van der Waals surface area contributed by atoms with Crippen LogP contribution in [0.3, 0.4) is 0 Å². The van der Waals surface area contributed by atoms with Crippen molar-refractivity contribution in [3.8, 4) is 0 Å². The van der Waals surface area contributed by atoms with Gasteiger partial charge in [0.05, 0.1) is 11.9 Å². The molecule has 0 aliphatic heterocycles. The minimum Gasteiger partial charge on any atom is -0.308 e. The molecule has 5 nitrogen and oxygen atoms in total. The number of carbonyl (C=O) groups excluding carboxylic acids is 1. The number of aromatic nitrogens is 3. The van der Waals surface area contributed by atoms with E-state index in [0.717, 1.165) is 11.3 Å². The molecule has 0 aliphatic carbocycles. The van der Waals surface area contributed by atoms with Crippen molar-refractivity contribution in [2.45, 2.75) is 0 Å². The smallest absolute Gasteiger partial charge is 0.289 e. The average Bonchev–Trinajstić information content (AvgIpc) is 2.75. The topological polar surface area (TPSA) is 59.0 Å². The van der Waals surface area contributed by atoms with Crippen molar-refractivity contribution < 1.29 is 4.79 Å². The van der Waals surface area contributed by atoms with Gasteiger partial charge in [-0.3, -0.25) is 9.78 Å². The van der Waals surface area contributed by atoms with Crippen LogP contribution in [0.15, 0.2) is 24.5 Å². The van der Waals surface area contributed by atoms with Crippen LogP contribution in [-0.2, 0) is 0 Å². The van der Waals surface area contributed by atoms with Gasteiger partial charge in [0.15, 0.2) is 0 Å². The molecule has 7 heteroatoms. The summed E-state index contributed by atoms with van der Waals surface area (Å²) < 4.78 is 0.253. The summed E-state index contributed by atoms with van der Waals surface area (Å²) in [5.41, 5.74) is 0.693. The lowest BCUT2D eigenvalue weighted by molar-refractivity contribution is 0.0992. The molecule has 0 saturated heterocycles. The van der Waals surface area contributed by atoms with Crippen LogP contribution in [0.25, 0.3) is 0 Å². The first kappa shape index (κ1) is 11.0. The Labute approximate surface area is 101 Å². The quantitative estimate of drug-likeness (QED) is 0.821. The molecule has 0 aromatic carbocycles.